The van der Waals surface area contributed by atoms with Crippen LogP contribution in [0, 0.1) is 16.0 Å². The van der Waals surface area contributed by atoms with E-state index in [2.05, 4.69) is 10.3 Å². The second-order valence-electron chi connectivity index (χ2n) is 8.92. The first-order chi connectivity index (χ1) is 17.0. The number of hydrogen-bond donors (Lipinski definition) is 1. The molecule has 0 bridgehead atoms. The van der Waals surface area contributed by atoms with E-state index in [4.69, 9.17) is 23.2 Å². The number of sulfonamides is 1. The molecule has 14 heteroatoms. The van der Waals surface area contributed by atoms with Crippen molar-refractivity contribution in [2.45, 2.75) is 5.92 Å². The van der Waals surface area contributed by atoms with E-state index < -0.39 is 14.9 Å². The van der Waals surface area contributed by atoms with Gasteiger partial charge >= 0.3 is 6.03 Å². The van der Waals surface area contributed by atoms with Crippen molar-refractivity contribution in [3.8, 4) is 0 Å². The van der Waals surface area contributed by atoms with E-state index in [-0.39, 0.29) is 36.6 Å². The summed E-state index contributed by atoms with van der Waals surface area (Å²) in [7, 11) is -3.29. The van der Waals surface area contributed by atoms with Crippen LogP contribution in [-0.2, 0) is 10.0 Å². The molecule has 2 atom stereocenters. The molecular formula is C22H26Cl2N6O5S. The molecule has 0 spiro atoms. The van der Waals surface area contributed by atoms with Crippen LogP contribution < -0.4 is 5.32 Å². The zero-order valence-electron chi connectivity index (χ0n) is 19.5. The van der Waals surface area contributed by atoms with Crippen LogP contribution in [0.2, 0.25) is 10.0 Å². The molecule has 4 rings (SSSR count). The SMILES string of the molecule is CS(=O)(=O)N1CCN(C(=O)N2C[C@H](CNc3ccc([N+](=O)[O-])cn3)[C@@H](c3ccc(Cl)c(Cl)c3)C2)CC1. The first-order valence-corrected chi connectivity index (χ1v) is 13.9. The van der Waals surface area contributed by atoms with E-state index >= 15 is 0 Å². The Bertz CT molecular complexity index is 1240. The van der Waals surface area contributed by atoms with Gasteiger partial charge in [-0.3, -0.25) is 10.1 Å². The Morgan fingerprint density at radius 1 is 1.11 bits per heavy atom. The summed E-state index contributed by atoms with van der Waals surface area (Å²) < 4.78 is 25.0. The van der Waals surface area contributed by atoms with Crippen molar-refractivity contribution in [3.63, 3.8) is 0 Å². The Labute approximate surface area is 219 Å². The van der Waals surface area contributed by atoms with E-state index in [0.717, 1.165) is 5.56 Å². The molecule has 3 heterocycles. The molecule has 0 radical (unpaired) electrons. The lowest BCUT2D eigenvalue weighted by molar-refractivity contribution is -0.385. The number of rotatable bonds is 6. The predicted molar refractivity (Wildman–Crippen MR) is 137 cm³/mol. The van der Waals surface area contributed by atoms with Gasteiger partial charge in [-0.2, -0.15) is 4.31 Å². The van der Waals surface area contributed by atoms with Gasteiger partial charge in [0.25, 0.3) is 5.69 Å². The van der Waals surface area contributed by atoms with Gasteiger partial charge in [0.15, 0.2) is 0 Å². The van der Waals surface area contributed by atoms with Crippen LogP contribution in [0.3, 0.4) is 0 Å². The first-order valence-electron chi connectivity index (χ1n) is 11.3. The maximum atomic E-state index is 13.3. The minimum atomic E-state index is -3.29. The third-order valence-corrected chi connectivity index (χ3v) is 8.61. The summed E-state index contributed by atoms with van der Waals surface area (Å²) >= 11 is 12.4. The number of likely N-dealkylation sites (tertiary alicyclic amines) is 1. The number of halogens is 2. The summed E-state index contributed by atoms with van der Waals surface area (Å²) in [6, 6.07) is 8.23. The monoisotopic (exact) mass is 556 g/mol. The molecule has 194 valence electrons. The van der Waals surface area contributed by atoms with Crippen LogP contribution >= 0.6 is 23.2 Å². The second kappa shape index (κ2) is 10.8. The maximum Gasteiger partial charge on any atom is 0.320 e. The number of nitro groups is 1. The van der Waals surface area contributed by atoms with Gasteiger partial charge in [0.2, 0.25) is 10.0 Å². The highest BCUT2D eigenvalue weighted by Gasteiger charge is 2.39. The van der Waals surface area contributed by atoms with E-state index in [0.29, 0.717) is 48.6 Å². The van der Waals surface area contributed by atoms with Crippen molar-refractivity contribution in [2.24, 2.45) is 5.92 Å². The highest BCUT2D eigenvalue weighted by atomic mass is 35.5. The molecule has 1 N–H and O–H groups in total. The van der Waals surface area contributed by atoms with Crippen molar-refractivity contribution >= 4 is 50.8 Å². The molecule has 0 saturated carbocycles. The zero-order valence-corrected chi connectivity index (χ0v) is 21.8. The third kappa shape index (κ3) is 6.00. The highest BCUT2D eigenvalue weighted by Crippen LogP contribution is 2.36. The van der Waals surface area contributed by atoms with E-state index in [9.17, 15) is 23.3 Å². The van der Waals surface area contributed by atoms with Crippen molar-refractivity contribution < 1.29 is 18.1 Å². The number of piperazine rings is 1. The number of nitrogens with zero attached hydrogens (tertiary/aromatic N) is 5. The van der Waals surface area contributed by atoms with E-state index in [1.54, 1.807) is 21.9 Å². The number of aromatic nitrogens is 1. The maximum absolute atomic E-state index is 13.3. The number of urea groups is 1. The molecule has 36 heavy (non-hydrogen) atoms. The molecular weight excluding hydrogens is 531 g/mol. The topological polar surface area (TPSA) is 129 Å². The average Bonchev–Trinajstić information content (AvgIpc) is 3.28. The lowest BCUT2D eigenvalue weighted by Crippen LogP contribution is -2.53. The number of benzene rings is 1. The number of carbonyl (C=O) groups excluding carboxylic acids is 1. The number of anilines is 1. The highest BCUT2D eigenvalue weighted by molar-refractivity contribution is 7.88. The lowest BCUT2D eigenvalue weighted by Gasteiger charge is -2.35. The summed E-state index contributed by atoms with van der Waals surface area (Å²) in [4.78, 5) is 31.3. The van der Waals surface area contributed by atoms with Gasteiger partial charge in [0.1, 0.15) is 12.0 Å². The molecule has 2 aliphatic heterocycles. The van der Waals surface area contributed by atoms with Crippen LogP contribution in [0.1, 0.15) is 11.5 Å². The number of nitrogens with one attached hydrogen (secondary N) is 1. The van der Waals surface area contributed by atoms with Crippen molar-refractivity contribution in [2.75, 3.05) is 57.4 Å². The molecule has 11 nitrogen and oxygen atoms in total. The summed E-state index contributed by atoms with van der Waals surface area (Å²) in [5.74, 6) is 0.460. The minimum absolute atomic E-state index is 0.000456. The van der Waals surface area contributed by atoms with Gasteiger partial charge in [0.05, 0.1) is 21.2 Å². The van der Waals surface area contributed by atoms with Crippen molar-refractivity contribution in [1.29, 1.82) is 0 Å². The number of carbonyl (C=O) groups is 1. The largest absolute Gasteiger partial charge is 0.370 e. The number of amides is 2. The summed E-state index contributed by atoms with van der Waals surface area (Å²) in [6.07, 6.45) is 2.36. The average molecular weight is 557 g/mol. The van der Waals surface area contributed by atoms with E-state index in [1.165, 1.54) is 22.8 Å². The molecule has 1 aromatic carbocycles. The zero-order chi connectivity index (χ0) is 26.0. The van der Waals surface area contributed by atoms with Crippen LogP contribution in [0.4, 0.5) is 16.3 Å². The smallest absolute Gasteiger partial charge is 0.320 e. The predicted octanol–water partition coefficient (Wildman–Crippen LogP) is 3.12. The molecule has 2 saturated heterocycles. The number of pyridine rings is 1. The second-order valence-corrected chi connectivity index (χ2v) is 11.7. The lowest BCUT2D eigenvalue weighted by atomic mass is 9.89. The molecule has 0 unspecified atom stereocenters. The summed E-state index contributed by atoms with van der Waals surface area (Å²) in [6.45, 7) is 2.60. The van der Waals surface area contributed by atoms with Crippen LogP contribution in [0.5, 0.6) is 0 Å². The quantitative estimate of drug-likeness (QED) is 0.427. The van der Waals surface area contributed by atoms with Crippen molar-refractivity contribution in [1.82, 2.24) is 19.1 Å². The van der Waals surface area contributed by atoms with Gasteiger partial charge in [0, 0.05) is 63.7 Å². The Morgan fingerprint density at radius 3 is 2.42 bits per heavy atom. The van der Waals surface area contributed by atoms with Crippen LogP contribution in [-0.4, -0.2) is 90.5 Å². The molecule has 2 aromatic rings. The number of hydrogen-bond acceptors (Lipinski definition) is 7. The van der Waals surface area contributed by atoms with E-state index in [1.807, 2.05) is 12.1 Å². The molecule has 2 amide bonds. The summed E-state index contributed by atoms with van der Waals surface area (Å²) in [5, 5.41) is 15.0. The fourth-order valence-corrected chi connectivity index (χ4v) is 5.73. The van der Waals surface area contributed by atoms with Crippen molar-refractivity contribution in [3.05, 3.63) is 62.3 Å². The molecule has 2 aliphatic rings. The first kappa shape index (κ1) is 26.4. The van der Waals surface area contributed by atoms with Crippen LogP contribution in [0.25, 0.3) is 0 Å². The Morgan fingerprint density at radius 2 is 1.83 bits per heavy atom. The standard InChI is InChI=1S/C22H26Cl2N6O5S/c1-36(34,35)29-8-6-27(7-9-29)22(31)28-13-16(11-25-21-5-3-17(12-26-21)30(32)33)18(14-28)15-2-4-19(23)20(24)10-15/h2-5,10,12,16,18H,6-9,11,13-14H2,1H3,(H,25,26)/t16-,18+/m0/s1. The normalized spacial score (nSPS) is 21.0. The van der Waals surface area contributed by atoms with Gasteiger partial charge < -0.3 is 15.1 Å². The van der Waals surface area contributed by atoms with Gasteiger partial charge in [-0.25, -0.2) is 18.2 Å². The Hall–Kier alpha value is -2.67. The minimum Gasteiger partial charge on any atom is -0.370 e. The van der Waals surface area contributed by atoms with Gasteiger partial charge in [-0.15, -0.1) is 0 Å². The molecule has 0 aliphatic carbocycles. The fraction of sp³-hybridized carbons (Fsp3) is 0.455. The Kier molecular flexibility index (Phi) is 7.88. The van der Waals surface area contributed by atoms with Crippen LogP contribution in [0.15, 0.2) is 36.5 Å². The molecule has 2 fully saturated rings. The van der Waals surface area contributed by atoms with Gasteiger partial charge in [-0.05, 0) is 23.8 Å². The fourth-order valence-electron chi connectivity index (χ4n) is 4.60. The van der Waals surface area contributed by atoms with Gasteiger partial charge in [-0.1, -0.05) is 29.3 Å². The Balaban J connectivity index is 1.47. The third-order valence-electron chi connectivity index (χ3n) is 6.57. The molecule has 1 aromatic heterocycles. The summed E-state index contributed by atoms with van der Waals surface area (Å²) in [5.41, 5.74) is 0.855.